The molecule has 0 spiro atoms. The van der Waals surface area contributed by atoms with Crippen molar-refractivity contribution >= 4 is 5.65 Å². The summed E-state index contributed by atoms with van der Waals surface area (Å²) in [6.45, 7) is 1.59. The number of halogens is 1. The summed E-state index contributed by atoms with van der Waals surface area (Å²) in [6.07, 6.45) is 5.46. The molecule has 2 aromatic rings. The minimum atomic E-state index is -1.27. The quantitative estimate of drug-likeness (QED) is 0.772. The smallest absolute Gasteiger partial charge is 0.167 e. The Morgan fingerprint density at radius 1 is 1.50 bits per heavy atom. The van der Waals surface area contributed by atoms with E-state index in [0.717, 1.165) is 29.3 Å². The van der Waals surface area contributed by atoms with Crippen molar-refractivity contribution in [2.45, 2.75) is 31.9 Å². The predicted molar refractivity (Wildman–Crippen MR) is 57.0 cm³/mol. The van der Waals surface area contributed by atoms with Crippen LogP contribution in [-0.2, 0) is 12.1 Å². The van der Waals surface area contributed by atoms with Crippen LogP contribution < -0.4 is 0 Å². The maximum atomic E-state index is 13.9. The van der Waals surface area contributed by atoms with Gasteiger partial charge in [-0.05, 0) is 31.7 Å². The van der Waals surface area contributed by atoms with Gasteiger partial charge in [0, 0.05) is 23.7 Å². The van der Waals surface area contributed by atoms with Gasteiger partial charge >= 0.3 is 0 Å². The van der Waals surface area contributed by atoms with Crippen LogP contribution in [0.4, 0.5) is 4.39 Å². The van der Waals surface area contributed by atoms with Crippen molar-refractivity contribution in [2.24, 2.45) is 5.92 Å². The molecule has 0 N–H and O–H groups in total. The number of hydrogen-bond donors (Lipinski definition) is 0. The monoisotopic (exact) mass is 217 g/mol. The van der Waals surface area contributed by atoms with E-state index in [2.05, 4.69) is 10.2 Å². The highest BCUT2D eigenvalue weighted by atomic mass is 19.1. The summed E-state index contributed by atoms with van der Waals surface area (Å²) < 4.78 is 15.9. The van der Waals surface area contributed by atoms with Gasteiger partial charge in [0.15, 0.2) is 11.3 Å². The second-order valence-electron chi connectivity index (χ2n) is 5.06. The van der Waals surface area contributed by atoms with E-state index >= 15 is 0 Å². The molecule has 0 amide bonds. The third-order valence-electron chi connectivity index (χ3n) is 3.73. The predicted octanol–water partition coefficient (Wildman–Crippen LogP) is 2.23. The standard InChI is InChI=1S/C12H12FN3/c1-12(13)8-4-5-16-9(6-7-2-3-7)14-15-11(16)10(8)12/h4-5,7H,2-3,6H2,1H3. The molecule has 2 heterocycles. The average molecular weight is 217 g/mol. The van der Waals surface area contributed by atoms with E-state index in [-0.39, 0.29) is 0 Å². The Morgan fingerprint density at radius 3 is 3.06 bits per heavy atom. The number of pyridine rings is 1. The van der Waals surface area contributed by atoms with Gasteiger partial charge in [-0.1, -0.05) is 0 Å². The van der Waals surface area contributed by atoms with Gasteiger partial charge in [0.2, 0.25) is 0 Å². The fourth-order valence-electron chi connectivity index (χ4n) is 2.46. The van der Waals surface area contributed by atoms with Gasteiger partial charge in [0.1, 0.15) is 5.82 Å². The van der Waals surface area contributed by atoms with Crippen LogP contribution in [-0.4, -0.2) is 14.6 Å². The Kier molecular flexibility index (Phi) is 1.32. The molecule has 1 atom stereocenters. The molecule has 0 radical (unpaired) electrons. The largest absolute Gasteiger partial charge is 0.286 e. The van der Waals surface area contributed by atoms with Crippen LogP contribution >= 0.6 is 0 Å². The first-order valence-corrected chi connectivity index (χ1v) is 5.74. The van der Waals surface area contributed by atoms with Gasteiger partial charge in [-0.2, -0.15) is 0 Å². The average Bonchev–Trinajstić information content (AvgIpc) is 3.10. The molecule has 2 aromatic heterocycles. The first-order valence-electron chi connectivity index (χ1n) is 5.74. The van der Waals surface area contributed by atoms with Crippen molar-refractivity contribution in [3.63, 3.8) is 0 Å². The molecule has 4 rings (SSSR count). The number of rotatable bonds is 2. The van der Waals surface area contributed by atoms with E-state index in [1.54, 1.807) is 6.92 Å². The van der Waals surface area contributed by atoms with Crippen molar-refractivity contribution in [3.05, 3.63) is 29.2 Å². The Bertz CT molecular complexity index is 596. The molecular formula is C12H12FN3. The number of alkyl halides is 1. The lowest BCUT2D eigenvalue weighted by atomic mass is 10.3. The highest BCUT2D eigenvalue weighted by Crippen LogP contribution is 2.52. The summed E-state index contributed by atoms with van der Waals surface area (Å²) in [6, 6.07) is 1.85. The fourth-order valence-corrected chi connectivity index (χ4v) is 2.46. The summed E-state index contributed by atoms with van der Waals surface area (Å²) >= 11 is 0. The van der Waals surface area contributed by atoms with Crippen LogP contribution in [0.15, 0.2) is 12.3 Å². The van der Waals surface area contributed by atoms with E-state index in [0.29, 0.717) is 5.65 Å². The molecule has 2 aliphatic carbocycles. The fraction of sp³-hybridized carbons (Fsp3) is 0.500. The Balaban J connectivity index is 1.88. The molecule has 2 aliphatic rings. The molecule has 1 unspecified atom stereocenters. The summed E-state index contributed by atoms with van der Waals surface area (Å²) in [5, 5.41) is 8.30. The van der Waals surface area contributed by atoms with Crippen LogP contribution in [0.2, 0.25) is 0 Å². The highest BCUT2D eigenvalue weighted by Gasteiger charge is 2.50. The highest BCUT2D eigenvalue weighted by molar-refractivity contribution is 5.70. The molecular weight excluding hydrogens is 205 g/mol. The summed E-state index contributed by atoms with van der Waals surface area (Å²) in [7, 11) is 0. The molecule has 3 nitrogen and oxygen atoms in total. The summed E-state index contributed by atoms with van der Waals surface area (Å²) in [4.78, 5) is 0. The minimum Gasteiger partial charge on any atom is -0.286 e. The van der Waals surface area contributed by atoms with Crippen LogP contribution in [0.3, 0.4) is 0 Å². The van der Waals surface area contributed by atoms with E-state index in [1.807, 2.05) is 16.7 Å². The summed E-state index contributed by atoms with van der Waals surface area (Å²) in [5.41, 5.74) is 0.933. The van der Waals surface area contributed by atoms with Crippen LogP contribution in [0.25, 0.3) is 5.65 Å². The zero-order chi connectivity index (χ0) is 10.9. The Labute approximate surface area is 92.3 Å². The van der Waals surface area contributed by atoms with Crippen LogP contribution in [0.5, 0.6) is 0 Å². The van der Waals surface area contributed by atoms with E-state index in [4.69, 9.17) is 0 Å². The van der Waals surface area contributed by atoms with E-state index < -0.39 is 5.67 Å². The molecule has 0 aromatic carbocycles. The number of fused-ring (bicyclic) bond motifs is 3. The van der Waals surface area contributed by atoms with Crippen molar-refractivity contribution in [1.82, 2.24) is 14.6 Å². The molecule has 0 bridgehead atoms. The normalized spacial score (nSPS) is 27.1. The molecule has 82 valence electrons. The maximum absolute atomic E-state index is 13.9. The zero-order valence-corrected chi connectivity index (χ0v) is 9.07. The first kappa shape index (κ1) is 8.67. The van der Waals surface area contributed by atoms with E-state index in [1.165, 1.54) is 12.8 Å². The molecule has 0 aliphatic heterocycles. The lowest BCUT2D eigenvalue weighted by molar-refractivity contribution is 0.321. The number of hydrogen-bond acceptors (Lipinski definition) is 2. The molecule has 0 saturated heterocycles. The molecule has 4 heteroatoms. The van der Waals surface area contributed by atoms with Gasteiger partial charge in [0.05, 0.1) is 0 Å². The topological polar surface area (TPSA) is 30.2 Å². The van der Waals surface area contributed by atoms with Gasteiger partial charge in [-0.15, -0.1) is 10.2 Å². The second-order valence-corrected chi connectivity index (χ2v) is 5.06. The van der Waals surface area contributed by atoms with Crippen LogP contribution in [0.1, 0.15) is 36.7 Å². The number of nitrogens with zero attached hydrogens (tertiary/aromatic N) is 3. The maximum Gasteiger partial charge on any atom is 0.167 e. The number of aromatic nitrogens is 3. The molecule has 1 fully saturated rings. The van der Waals surface area contributed by atoms with Gasteiger partial charge in [-0.25, -0.2) is 4.39 Å². The summed E-state index contributed by atoms with van der Waals surface area (Å²) in [5.74, 6) is 1.75. The van der Waals surface area contributed by atoms with Crippen molar-refractivity contribution in [2.75, 3.05) is 0 Å². The zero-order valence-electron chi connectivity index (χ0n) is 9.07. The van der Waals surface area contributed by atoms with E-state index in [9.17, 15) is 4.39 Å². The minimum absolute atomic E-state index is 0.707. The van der Waals surface area contributed by atoms with Gasteiger partial charge in [0.25, 0.3) is 0 Å². The van der Waals surface area contributed by atoms with Crippen molar-refractivity contribution < 1.29 is 4.39 Å². The Morgan fingerprint density at radius 2 is 2.31 bits per heavy atom. The van der Waals surface area contributed by atoms with Crippen LogP contribution in [0, 0.1) is 5.92 Å². The van der Waals surface area contributed by atoms with Gasteiger partial charge in [-0.3, -0.25) is 4.40 Å². The third kappa shape index (κ3) is 0.970. The second kappa shape index (κ2) is 2.44. The third-order valence-corrected chi connectivity index (χ3v) is 3.73. The van der Waals surface area contributed by atoms with Crippen molar-refractivity contribution in [3.8, 4) is 0 Å². The first-order chi connectivity index (χ1) is 7.68. The molecule has 16 heavy (non-hydrogen) atoms. The lowest BCUT2D eigenvalue weighted by Gasteiger charge is -1.95. The van der Waals surface area contributed by atoms with Gasteiger partial charge < -0.3 is 0 Å². The van der Waals surface area contributed by atoms with Crippen molar-refractivity contribution in [1.29, 1.82) is 0 Å². The lowest BCUT2D eigenvalue weighted by Crippen LogP contribution is -1.95. The SMILES string of the molecule is CC1(F)c2ccn3c(CC4CC4)nnc3c21. The Hall–Kier alpha value is -1.45. The molecule has 1 saturated carbocycles.